The molecule has 1 aliphatic heterocycles. The third-order valence-electron chi connectivity index (χ3n) is 4.17. The number of hydrogen-bond donors (Lipinski definition) is 2. The number of rotatable bonds is 4. The number of urea groups is 1. The molecule has 0 fully saturated rings. The van der Waals surface area contributed by atoms with Gasteiger partial charge in [0.1, 0.15) is 5.82 Å². The van der Waals surface area contributed by atoms with E-state index in [0.717, 1.165) is 13.0 Å². The summed E-state index contributed by atoms with van der Waals surface area (Å²) >= 11 is 3.23. The van der Waals surface area contributed by atoms with Crippen LogP contribution in [-0.2, 0) is 6.42 Å². The molecule has 24 heavy (non-hydrogen) atoms. The van der Waals surface area contributed by atoms with Crippen LogP contribution in [0.1, 0.15) is 12.5 Å². The molecule has 4 nitrogen and oxygen atoms in total. The normalized spacial score (nSPS) is 16.0. The molecule has 2 aromatic rings. The van der Waals surface area contributed by atoms with Crippen LogP contribution in [0.15, 0.2) is 46.9 Å². The first kappa shape index (κ1) is 16.8. The monoisotopic (exact) mass is 391 g/mol. The van der Waals surface area contributed by atoms with E-state index in [4.69, 9.17) is 0 Å². The van der Waals surface area contributed by atoms with Crippen molar-refractivity contribution in [1.82, 2.24) is 5.32 Å². The summed E-state index contributed by atoms with van der Waals surface area (Å²) in [4.78, 5) is 14.3. The Morgan fingerprint density at radius 2 is 2.12 bits per heavy atom. The van der Waals surface area contributed by atoms with Crippen molar-refractivity contribution in [3.8, 4) is 0 Å². The quantitative estimate of drug-likeness (QED) is 0.821. The van der Waals surface area contributed by atoms with Gasteiger partial charge in [0, 0.05) is 29.3 Å². The van der Waals surface area contributed by atoms with E-state index < -0.39 is 0 Å². The number of hydrogen-bond acceptors (Lipinski definition) is 2. The fraction of sp³-hybridized carbons (Fsp3) is 0.278. The average Bonchev–Trinajstić information content (AvgIpc) is 2.86. The highest BCUT2D eigenvalue weighted by Gasteiger charge is 2.24. The van der Waals surface area contributed by atoms with Crippen LogP contribution in [0, 0.1) is 5.82 Å². The first-order chi connectivity index (χ1) is 11.5. The number of para-hydroxylation sites is 1. The fourth-order valence-electron chi connectivity index (χ4n) is 3.02. The molecule has 0 saturated carbocycles. The summed E-state index contributed by atoms with van der Waals surface area (Å²) < 4.78 is 13.6. The smallest absolute Gasteiger partial charge is 0.319 e. The zero-order chi connectivity index (χ0) is 17.1. The number of halogens is 2. The molecule has 1 unspecified atom stereocenters. The lowest BCUT2D eigenvalue weighted by atomic mass is 10.1. The summed E-state index contributed by atoms with van der Waals surface area (Å²) in [5.74, 6) is -0.352. The number of amides is 2. The maximum atomic E-state index is 13.1. The van der Waals surface area contributed by atoms with E-state index in [1.165, 1.54) is 29.4 Å². The van der Waals surface area contributed by atoms with Gasteiger partial charge in [0.15, 0.2) is 0 Å². The first-order valence-corrected chi connectivity index (χ1v) is 8.68. The molecule has 0 aromatic heterocycles. The largest absolute Gasteiger partial charge is 0.367 e. The molecule has 0 bridgehead atoms. The molecule has 0 radical (unpaired) electrons. The molecule has 3 rings (SSSR count). The van der Waals surface area contributed by atoms with Crippen LogP contribution in [0.25, 0.3) is 0 Å². The van der Waals surface area contributed by atoms with Gasteiger partial charge in [0.05, 0.1) is 5.69 Å². The van der Waals surface area contributed by atoms with Gasteiger partial charge in [0.2, 0.25) is 0 Å². The van der Waals surface area contributed by atoms with Crippen molar-refractivity contribution in [3.05, 3.63) is 58.3 Å². The summed E-state index contributed by atoms with van der Waals surface area (Å²) in [6.07, 6.45) is 1.03. The number of nitrogens with one attached hydrogen (secondary N) is 2. The minimum atomic E-state index is -0.352. The van der Waals surface area contributed by atoms with Crippen molar-refractivity contribution in [2.24, 2.45) is 0 Å². The van der Waals surface area contributed by atoms with Gasteiger partial charge in [-0.05, 0) is 59.1 Å². The van der Waals surface area contributed by atoms with Crippen LogP contribution in [0.2, 0.25) is 0 Å². The van der Waals surface area contributed by atoms with Gasteiger partial charge in [-0.2, -0.15) is 0 Å². The van der Waals surface area contributed by atoms with Gasteiger partial charge < -0.3 is 15.5 Å². The van der Waals surface area contributed by atoms with Crippen molar-refractivity contribution in [2.45, 2.75) is 19.4 Å². The first-order valence-electron chi connectivity index (χ1n) is 7.89. The highest BCUT2D eigenvalue weighted by atomic mass is 79.9. The second-order valence-corrected chi connectivity index (χ2v) is 6.73. The zero-order valence-electron chi connectivity index (χ0n) is 13.4. The Morgan fingerprint density at radius 3 is 2.92 bits per heavy atom. The number of nitrogens with zero attached hydrogens (tertiary/aromatic N) is 1. The van der Waals surface area contributed by atoms with Gasteiger partial charge in [-0.25, -0.2) is 9.18 Å². The maximum absolute atomic E-state index is 13.1. The fourth-order valence-corrected chi connectivity index (χ4v) is 3.47. The molecule has 0 saturated heterocycles. The molecule has 1 heterocycles. The number of anilines is 2. The predicted octanol–water partition coefficient (Wildman–Crippen LogP) is 4.16. The SMILES string of the molecule is CC1Cc2ccccc2N1CCNC(=O)Nc1ccc(F)cc1Br. The maximum Gasteiger partial charge on any atom is 0.319 e. The third-order valence-corrected chi connectivity index (χ3v) is 4.82. The highest BCUT2D eigenvalue weighted by Crippen LogP contribution is 2.31. The van der Waals surface area contributed by atoms with E-state index in [1.54, 1.807) is 0 Å². The van der Waals surface area contributed by atoms with Crippen LogP contribution < -0.4 is 15.5 Å². The predicted molar refractivity (Wildman–Crippen MR) is 98.1 cm³/mol. The highest BCUT2D eigenvalue weighted by molar-refractivity contribution is 9.10. The van der Waals surface area contributed by atoms with E-state index >= 15 is 0 Å². The molecule has 2 N–H and O–H groups in total. The average molecular weight is 392 g/mol. The summed E-state index contributed by atoms with van der Waals surface area (Å²) in [5, 5.41) is 5.56. The molecule has 2 amide bonds. The summed E-state index contributed by atoms with van der Waals surface area (Å²) in [7, 11) is 0. The van der Waals surface area contributed by atoms with Gasteiger partial charge in [0.25, 0.3) is 0 Å². The Hall–Kier alpha value is -2.08. The molecule has 6 heteroatoms. The minimum Gasteiger partial charge on any atom is -0.367 e. The minimum absolute atomic E-state index is 0.303. The van der Waals surface area contributed by atoms with Gasteiger partial charge >= 0.3 is 6.03 Å². The standard InChI is InChI=1S/C18H19BrFN3O/c1-12-10-13-4-2-3-5-17(13)23(12)9-8-21-18(24)22-16-7-6-14(20)11-15(16)19/h2-7,11-12H,8-10H2,1H3,(H2,21,22,24). The van der Waals surface area contributed by atoms with E-state index in [0.29, 0.717) is 22.7 Å². The lowest BCUT2D eigenvalue weighted by Crippen LogP contribution is -2.39. The van der Waals surface area contributed by atoms with Crippen LogP contribution in [0.5, 0.6) is 0 Å². The van der Waals surface area contributed by atoms with Crippen LogP contribution in [0.4, 0.5) is 20.6 Å². The molecular weight excluding hydrogens is 373 g/mol. The Labute approximate surface area is 149 Å². The Kier molecular flexibility index (Phi) is 5.04. The topological polar surface area (TPSA) is 44.4 Å². The van der Waals surface area contributed by atoms with E-state index in [1.807, 2.05) is 6.07 Å². The Bertz CT molecular complexity index is 753. The van der Waals surface area contributed by atoms with E-state index in [-0.39, 0.29) is 11.8 Å². The third kappa shape index (κ3) is 3.70. The van der Waals surface area contributed by atoms with Crippen molar-refractivity contribution in [2.75, 3.05) is 23.3 Å². The van der Waals surface area contributed by atoms with Gasteiger partial charge in [-0.3, -0.25) is 0 Å². The molecule has 126 valence electrons. The van der Waals surface area contributed by atoms with Crippen molar-refractivity contribution in [3.63, 3.8) is 0 Å². The summed E-state index contributed by atoms with van der Waals surface area (Å²) in [6, 6.07) is 12.6. The number of carbonyl (C=O) groups excluding carboxylic acids is 1. The zero-order valence-corrected chi connectivity index (χ0v) is 14.9. The van der Waals surface area contributed by atoms with Gasteiger partial charge in [-0.15, -0.1) is 0 Å². The molecule has 2 aromatic carbocycles. The molecule has 0 aliphatic carbocycles. The number of benzene rings is 2. The van der Waals surface area contributed by atoms with E-state index in [2.05, 4.69) is 56.6 Å². The summed E-state index contributed by atoms with van der Waals surface area (Å²) in [5.41, 5.74) is 3.13. The lowest BCUT2D eigenvalue weighted by molar-refractivity contribution is 0.252. The van der Waals surface area contributed by atoms with Crippen LogP contribution in [-0.4, -0.2) is 25.2 Å². The van der Waals surface area contributed by atoms with Crippen molar-refractivity contribution < 1.29 is 9.18 Å². The van der Waals surface area contributed by atoms with E-state index in [9.17, 15) is 9.18 Å². The summed E-state index contributed by atoms with van der Waals surface area (Å²) in [6.45, 7) is 3.47. The lowest BCUT2D eigenvalue weighted by Gasteiger charge is -2.25. The second kappa shape index (κ2) is 7.21. The number of fused-ring (bicyclic) bond motifs is 1. The Morgan fingerprint density at radius 1 is 1.33 bits per heavy atom. The Balaban J connectivity index is 1.52. The van der Waals surface area contributed by atoms with Crippen molar-refractivity contribution in [1.29, 1.82) is 0 Å². The molecule has 0 spiro atoms. The molecular formula is C18H19BrFN3O. The molecule has 1 aliphatic rings. The van der Waals surface area contributed by atoms with Gasteiger partial charge in [-0.1, -0.05) is 18.2 Å². The van der Waals surface area contributed by atoms with Crippen LogP contribution >= 0.6 is 15.9 Å². The van der Waals surface area contributed by atoms with Crippen LogP contribution in [0.3, 0.4) is 0 Å². The van der Waals surface area contributed by atoms with Crippen molar-refractivity contribution >= 4 is 33.3 Å². The second-order valence-electron chi connectivity index (χ2n) is 5.88. The number of carbonyl (C=O) groups is 1. The molecule has 1 atom stereocenters.